The quantitative estimate of drug-likeness (QED) is 0.449. The van der Waals surface area contributed by atoms with Crippen LogP contribution in [0.1, 0.15) is 32.6 Å². The molecular formula is C23H32N2O4. The Morgan fingerprint density at radius 1 is 0.793 bits per heavy atom. The van der Waals surface area contributed by atoms with Gasteiger partial charge in [-0.25, -0.2) is 0 Å². The SMILES string of the molecule is CCCCCCOc1ccc(NCC(=O)Nc2ccc(OCCOC)cc2)cc1. The van der Waals surface area contributed by atoms with E-state index in [1.807, 2.05) is 48.5 Å². The first-order valence-corrected chi connectivity index (χ1v) is 10.2. The van der Waals surface area contributed by atoms with Crippen LogP contribution in [0.2, 0.25) is 0 Å². The summed E-state index contributed by atoms with van der Waals surface area (Å²) < 4.78 is 16.2. The normalized spacial score (nSPS) is 10.4. The van der Waals surface area contributed by atoms with Crippen molar-refractivity contribution in [2.75, 3.05) is 44.1 Å². The minimum Gasteiger partial charge on any atom is -0.494 e. The molecule has 0 unspecified atom stereocenters. The summed E-state index contributed by atoms with van der Waals surface area (Å²) in [6.45, 7) is 4.16. The molecular weight excluding hydrogens is 368 g/mol. The van der Waals surface area contributed by atoms with Gasteiger partial charge in [-0.15, -0.1) is 0 Å². The number of amides is 1. The number of benzene rings is 2. The number of hydrogen-bond acceptors (Lipinski definition) is 5. The van der Waals surface area contributed by atoms with Crippen LogP contribution in [0.3, 0.4) is 0 Å². The molecule has 2 aromatic carbocycles. The van der Waals surface area contributed by atoms with Gasteiger partial charge in [0.15, 0.2) is 0 Å². The van der Waals surface area contributed by atoms with Crippen LogP contribution >= 0.6 is 0 Å². The number of carbonyl (C=O) groups excluding carboxylic acids is 1. The molecule has 1 amide bonds. The number of nitrogens with one attached hydrogen (secondary N) is 2. The maximum atomic E-state index is 12.1. The third-order valence-corrected chi connectivity index (χ3v) is 4.27. The van der Waals surface area contributed by atoms with E-state index in [2.05, 4.69) is 17.6 Å². The fourth-order valence-corrected chi connectivity index (χ4v) is 2.65. The van der Waals surface area contributed by atoms with Crippen molar-refractivity contribution in [2.45, 2.75) is 32.6 Å². The molecule has 2 N–H and O–H groups in total. The van der Waals surface area contributed by atoms with E-state index in [1.54, 1.807) is 7.11 Å². The second-order valence-corrected chi connectivity index (χ2v) is 6.70. The summed E-state index contributed by atoms with van der Waals surface area (Å²) in [5.74, 6) is 1.48. The largest absolute Gasteiger partial charge is 0.494 e. The van der Waals surface area contributed by atoms with E-state index in [1.165, 1.54) is 19.3 Å². The van der Waals surface area contributed by atoms with Crippen LogP contribution in [0, 0.1) is 0 Å². The first-order valence-electron chi connectivity index (χ1n) is 10.2. The van der Waals surface area contributed by atoms with Crippen LogP contribution in [0.15, 0.2) is 48.5 Å². The van der Waals surface area contributed by atoms with Gasteiger partial charge in [0.2, 0.25) is 5.91 Å². The van der Waals surface area contributed by atoms with Gasteiger partial charge in [0, 0.05) is 18.5 Å². The van der Waals surface area contributed by atoms with E-state index in [4.69, 9.17) is 14.2 Å². The Labute approximate surface area is 173 Å². The topological polar surface area (TPSA) is 68.8 Å². The molecule has 6 nitrogen and oxygen atoms in total. The predicted molar refractivity (Wildman–Crippen MR) is 117 cm³/mol. The molecule has 0 fully saturated rings. The third kappa shape index (κ3) is 9.34. The van der Waals surface area contributed by atoms with Gasteiger partial charge >= 0.3 is 0 Å². The van der Waals surface area contributed by atoms with Crippen LogP contribution in [-0.4, -0.2) is 39.4 Å². The molecule has 0 aromatic heterocycles. The van der Waals surface area contributed by atoms with Crippen LogP contribution in [0.5, 0.6) is 11.5 Å². The second-order valence-electron chi connectivity index (χ2n) is 6.70. The number of ether oxygens (including phenoxy) is 3. The molecule has 0 bridgehead atoms. The molecule has 6 heteroatoms. The molecule has 0 atom stereocenters. The number of rotatable bonds is 14. The molecule has 0 aliphatic rings. The van der Waals surface area contributed by atoms with E-state index in [0.29, 0.717) is 13.2 Å². The highest BCUT2D eigenvalue weighted by Gasteiger charge is 2.03. The lowest BCUT2D eigenvalue weighted by Gasteiger charge is -2.10. The van der Waals surface area contributed by atoms with Crippen molar-refractivity contribution in [3.05, 3.63) is 48.5 Å². The van der Waals surface area contributed by atoms with E-state index in [9.17, 15) is 4.79 Å². The van der Waals surface area contributed by atoms with Crippen LogP contribution < -0.4 is 20.1 Å². The highest BCUT2D eigenvalue weighted by molar-refractivity contribution is 5.93. The lowest BCUT2D eigenvalue weighted by molar-refractivity contribution is -0.114. The smallest absolute Gasteiger partial charge is 0.243 e. The maximum Gasteiger partial charge on any atom is 0.243 e. The molecule has 0 saturated carbocycles. The number of hydrogen-bond donors (Lipinski definition) is 2. The predicted octanol–water partition coefficient (Wildman–Crippen LogP) is 4.72. The molecule has 0 saturated heterocycles. The summed E-state index contributed by atoms with van der Waals surface area (Å²) in [5.41, 5.74) is 1.60. The van der Waals surface area contributed by atoms with Crippen LogP contribution in [0.25, 0.3) is 0 Å². The van der Waals surface area contributed by atoms with Crippen LogP contribution in [0.4, 0.5) is 11.4 Å². The first-order chi connectivity index (χ1) is 14.2. The molecule has 29 heavy (non-hydrogen) atoms. The molecule has 0 spiro atoms. The van der Waals surface area contributed by atoms with Gasteiger partial charge in [-0.3, -0.25) is 4.79 Å². The molecule has 2 rings (SSSR count). The van der Waals surface area contributed by atoms with E-state index in [0.717, 1.165) is 35.9 Å². The maximum absolute atomic E-state index is 12.1. The fourth-order valence-electron chi connectivity index (χ4n) is 2.65. The highest BCUT2D eigenvalue weighted by atomic mass is 16.5. The molecule has 0 aliphatic carbocycles. The summed E-state index contributed by atoms with van der Waals surface area (Å²) in [7, 11) is 1.63. The average molecular weight is 401 g/mol. The monoisotopic (exact) mass is 400 g/mol. The summed E-state index contributed by atoms with van der Waals surface area (Å²) in [6.07, 6.45) is 4.76. The Morgan fingerprint density at radius 3 is 2.03 bits per heavy atom. The Hall–Kier alpha value is -2.73. The van der Waals surface area contributed by atoms with E-state index >= 15 is 0 Å². The van der Waals surface area contributed by atoms with E-state index in [-0.39, 0.29) is 12.5 Å². The summed E-state index contributed by atoms with van der Waals surface area (Å²) in [4.78, 5) is 12.1. The highest BCUT2D eigenvalue weighted by Crippen LogP contribution is 2.17. The number of unbranched alkanes of at least 4 members (excludes halogenated alkanes) is 3. The molecule has 0 radical (unpaired) electrons. The molecule has 158 valence electrons. The molecule has 0 aliphatic heterocycles. The molecule has 2 aromatic rings. The van der Waals surface area contributed by atoms with Crippen molar-refractivity contribution < 1.29 is 19.0 Å². The zero-order chi connectivity index (χ0) is 20.7. The van der Waals surface area contributed by atoms with Gasteiger partial charge in [0.05, 0.1) is 19.8 Å². The zero-order valence-electron chi connectivity index (χ0n) is 17.4. The van der Waals surface area contributed by atoms with Gasteiger partial charge in [0.1, 0.15) is 18.1 Å². The summed E-state index contributed by atoms with van der Waals surface area (Å²) in [5, 5.41) is 5.97. The standard InChI is InChI=1S/C23H32N2O4/c1-3-4-5-6-15-28-21-11-7-19(8-12-21)24-18-23(26)25-20-9-13-22(14-10-20)29-17-16-27-2/h7-14,24H,3-6,15-18H2,1-2H3,(H,25,26). The Balaban J connectivity index is 1.68. The number of methoxy groups -OCH3 is 1. The fraction of sp³-hybridized carbons (Fsp3) is 0.435. The number of anilines is 2. The lowest BCUT2D eigenvalue weighted by Crippen LogP contribution is -2.21. The van der Waals surface area contributed by atoms with Crippen molar-refractivity contribution in [3.63, 3.8) is 0 Å². The van der Waals surface area contributed by atoms with Crippen molar-refractivity contribution >= 4 is 17.3 Å². The van der Waals surface area contributed by atoms with Gasteiger partial charge in [-0.1, -0.05) is 26.2 Å². The van der Waals surface area contributed by atoms with Gasteiger partial charge in [-0.05, 0) is 55.0 Å². The number of carbonyl (C=O) groups is 1. The van der Waals surface area contributed by atoms with Crippen LogP contribution in [-0.2, 0) is 9.53 Å². The van der Waals surface area contributed by atoms with Crippen molar-refractivity contribution in [3.8, 4) is 11.5 Å². The Kier molecular flexibility index (Phi) is 10.5. The average Bonchev–Trinajstić information content (AvgIpc) is 2.74. The molecule has 0 heterocycles. The van der Waals surface area contributed by atoms with Gasteiger partial charge in [-0.2, -0.15) is 0 Å². The van der Waals surface area contributed by atoms with Gasteiger partial charge < -0.3 is 24.8 Å². The second kappa shape index (κ2) is 13.4. The first kappa shape index (κ1) is 22.6. The van der Waals surface area contributed by atoms with Crippen molar-refractivity contribution in [1.29, 1.82) is 0 Å². The lowest BCUT2D eigenvalue weighted by atomic mass is 10.2. The van der Waals surface area contributed by atoms with Crippen molar-refractivity contribution in [2.24, 2.45) is 0 Å². The summed E-state index contributed by atoms with van der Waals surface area (Å²) in [6, 6.07) is 14.9. The van der Waals surface area contributed by atoms with Gasteiger partial charge in [0.25, 0.3) is 0 Å². The zero-order valence-corrected chi connectivity index (χ0v) is 17.4. The van der Waals surface area contributed by atoms with E-state index < -0.39 is 0 Å². The Morgan fingerprint density at radius 2 is 1.41 bits per heavy atom. The third-order valence-electron chi connectivity index (χ3n) is 4.27. The Bertz CT molecular complexity index is 702. The minimum atomic E-state index is -0.116. The minimum absolute atomic E-state index is 0.116. The summed E-state index contributed by atoms with van der Waals surface area (Å²) >= 11 is 0. The van der Waals surface area contributed by atoms with Crippen molar-refractivity contribution in [1.82, 2.24) is 0 Å².